The molecule has 83 valence electrons. The van der Waals surface area contributed by atoms with Crippen molar-refractivity contribution in [1.82, 2.24) is 0 Å². The summed E-state index contributed by atoms with van der Waals surface area (Å²) in [5.74, 6) is 0. The van der Waals surface area contributed by atoms with Crippen molar-refractivity contribution in [1.29, 1.82) is 0 Å². The fraction of sp³-hybridized carbons (Fsp3) is 0.154. The molecule has 2 rings (SSSR count). The van der Waals surface area contributed by atoms with E-state index in [1.807, 2.05) is 0 Å². The fourth-order valence-electron chi connectivity index (χ4n) is 1.57. The third kappa shape index (κ3) is 4.13. The number of hydrogen-bond donors (Lipinski definition) is 0. The minimum absolute atomic E-state index is 0. The van der Waals surface area contributed by atoms with Crippen molar-refractivity contribution in [2.24, 2.45) is 0 Å². The van der Waals surface area contributed by atoms with Crippen LogP contribution in [0.1, 0.15) is 11.1 Å². The number of benzene rings is 1. The predicted molar refractivity (Wildman–Crippen MR) is 56.9 cm³/mol. The van der Waals surface area contributed by atoms with E-state index in [0.29, 0.717) is 0 Å². The summed E-state index contributed by atoms with van der Waals surface area (Å²) in [6, 6.07) is 15.1. The van der Waals surface area contributed by atoms with Crippen molar-refractivity contribution in [3.05, 3.63) is 53.6 Å². The van der Waals surface area contributed by atoms with E-state index >= 15 is 0 Å². The van der Waals surface area contributed by atoms with Crippen LogP contribution in [-0.2, 0) is 26.2 Å². The Morgan fingerprint density at radius 2 is 1.44 bits per heavy atom. The zero-order valence-corrected chi connectivity index (χ0v) is 13.3. The molecule has 3 heteroatoms. The van der Waals surface area contributed by atoms with Crippen LogP contribution in [0, 0.1) is 13.8 Å². The van der Waals surface area contributed by atoms with Crippen LogP contribution in [0.15, 0.2) is 42.5 Å². The maximum atomic E-state index is 2.18. The molecule has 2 aromatic rings. The third-order valence-corrected chi connectivity index (χ3v) is 2.40. The van der Waals surface area contributed by atoms with Crippen LogP contribution in [0.25, 0.3) is 11.1 Å². The topological polar surface area (TPSA) is 0 Å². The normalized spacial score (nSPS) is 8.38. The largest absolute Gasteiger partial charge is 3.00 e. The molecule has 0 aliphatic heterocycles. The maximum Gasteiger partial charge on any atom is 3.00 e. The Balaban J connectivity index is 0. The van der Waals surface area contributed by atoms with Gasteiger partial charge >= 0.3 is 26.2 Å². The van der Waals surface area contributed by atoms with Crippen LogP contribution in [0.3, 0.4) is 0 Å². The average molecular weight is 331 g/mol. The van der Waals surface area contributed by atoms with E-state index in [9.17, 15) is 0 Å². The van der Waals surface area contributed by atoms with Crippen LogP contribution >= 0.6 is 0 Å². The quantitative estimate of drug-likeness (QED) is 0.516. The first-order valence-corrected chi connectivity index (χ1v) is 4.57. The van der Waals surface area contributed by atoms with Gasteiger partial charge in [-0.05, 0) is 6.92 Å². The van der Waals surface area contributed by atoms with Crippen LogP contribution in [0.4, 0.5) is 0 Å². The third-order valence-electron chi connectivity index (χ3n) is 2.40. The van der Waals surface area contributed by atoms with Gasteiger partial charge in [-0.2, -0.15) is 6.07 Å². The molecule has 0 spiro atoms. The van der Waals surface area contributed by atoms with Crippen molar-refractivity contribution in [3.63, 3.8) is 0 Å². The Labute approximate surface area is 129 Å². The molecule has 0 aliphatic rings. The zero-order valence-electron chi connectivity index (χ0n) is 9.30. The molecule has 0 unspecified atom stereocenters. The molecule has 16 heavy (non-hydrogen) atoms. The van der Waals surface area contributed by atoms with E-state index in [2.05, 4.69) is 56.3 Å². The van der Waals surface area contributed by atoms with Gasteiger partial charge in [0.05, 0.1) is 0 Å². The molecule has 2 aromatic carbocycles. The van der Waals surface area contributed by atoms with Gasteiger partial charge in [0, 0.05) is 0 Å². The molecule has 0 bridgehead atoms. The molecule has 0 amide bonds. The molecule has 0 nitrogen and oxygen atoms in total. The van der Waals surface area contributed by atoms with E-state index in [0.717, 1.165) is 0 Å². The summed E-state index contributed by atoms with van der Waals surface area (Å²) < 4.78 is 0. The second kappa shape index (κ2) is 8.17. The smallest absolute Gasteiger partial charge is 1.00 e. The number of halogens is 2. The first-order chi connectivity index (χ1) is 6.27. The predicted octanol–water partition coefficient (Wildman–Crippen LogP) is -2.31. The minimum Gasteiger partial charge on any atom is -1.00 e. The molecule has 1 radical (unpaired) electrons. The fourth-order valence-corrected chi connectivity index (χ4v) is 1.57. The number of hydrogen-bond acceptors (Lipinski definition) is 0. The standard InChI is InChI=1S/C13H13.2ClH.Zr/c1-10-6-8-12(9-7-10)13-5-3-4-11(13)2;;;/h3-9H,1-2H3;2*1H;/q-1;;;+3/p-2. The van der Waals surface area contributed by atoms with Crippen LogP contribution in [0.5, 0.6) is 0 Å². The SMILES string of the molecule is Cc1ccc(-[c-]2cccc2C)cc1.[Cl-].[Cl-].[Zr+3]. The van der Waals surface area contributed by atoms with Gasteiger partial charge in [-0.25, -0.2) is 0 Å². The Morgan fingerprint density at radius 1 is 0.875 bits per heavy atom. The summed E-state index contributed by atoms with van der Waals surface area (Å²) in [6.07, 6.45) is 0. The van der Waals surface area contributed by atoms with Crippen molar-refractivity contribution >= 4 is 0 Å². The molecular weight excluding hydrogens is 318 g/mol. The van der Waals surface area contributed by atoms with Crippen molar-refractivity contribution in [2.75, 3.05) is 0 Å². The second-order valence-electron chi connectivity index (χ2n) is 3.49. The summed E-state index contributed by atoms with van der Waals surface area (Å²) in [5.41, 5.74) is 5.32. The molecular formula is C13H13Cl2Zr. The van der Waals surface area contributed by atoms with Gasteiger partial charge in [0.15, 0.2) is 0 Å². The summed E-state index contributed by atoms with van der Waals surface area (Å²) in [4.78, 5) is 0. The Morgan fingerprint density at radius 3 is 1.88 bits per heavy atom. The van der Waals surface area contributed by atoms with Gasteiger partial charge in [-0.3, -0.25) is 0 Å². The number of rotatable bonds is 1. The van der Waals surface area contributed by atoms with Crippen LogP contribution in [-0.4, -0.2) is 0 Å². The molecule has 0 fully saturated rings. The molecule has 0 N–H and O–H groups in total. The Hall–Kier alpha value is 0.0331. The van der Waals surface area contributed by atoms with E-state index in [4.69, 9.17) is 0 Å². The molecule has 0 heterocycles. The van der Waals surface area contributed by atoms with Gasteiger partial charge < -0.3 is 24.8 Å². The first-order valence-electron chi connectivity index (χ1n) is 4.57. The average Bonchev–Trinajstić information content (AvgIpc) is 2.53. The van der Waals surface area contributed by atoms with Gasteiger partial charge in [0.25, 0.3) is 0 Å². The monoisotopic (exact) mass is 329 g/mol. The summed E-state index contributed by atoms with van der Waals surface area (Å²) >= 11 is 0. The van der Waals surface area contributed by atoms with Crippen LogP contribution < -0.4 is 24.8 Å². The zero-order chi connectivity index (χ0) is 9.26. The van der Waals surface area contributed by atoms with Gasteiger partial charge in [-0.15, -0.1) is 35.4 Å². The Bertz CT molecular complexity index is 404. The van der Waals surface area contributed by atoms with E-state index in [-0.39, 0.29) is 51.0 Å². The van der Waals surface area contributed by atoms with Crippen molar-refractivity contribution in [2.45, 2.75) is 13.8 Å². The summed E-state index contributed by atoms with van der Waals surface area (Å²) in [6.45, 7) is 4.26. The van der Waals surface area contributed by atoms with Crippen molar-refractivity contribution < 1.29 is 51.0 Å². The molecule has 0 aromatic heterocycles. The van der Waals surface area contributed by atoms with E-state index in [1.54, 1.807) is 0 Å². The molecule has 0 atom stereocenters. The first kappa shape index (κ1) is 18.4. The molecule has 0 aliphatic carbocycles. The second-order valence-corrected chi connectivity index (χ2v) is 3.49. The minimum atomic E-state index is 0. The number of aryl methyl sites for hydroxylation is 2. The van der Waals surface area contributed by atoms with Crippen LogP contribution in [0.2, 0.25) is 0 Å². The van der Waals surface area contributed by atoms with Gasteiger partial charge in [0.1, 0.15) is 0 Å². The van der Waals surface area contributed by atoms with E-state index < -0.39 is 0 Å². The maximum absolute atomic E-state index is 2.18. The summed E-state index contributed by atoms with van der Waals surface area (Å²) in [7, 11) is 0. The summed E-state index contributed by atoms with van der Waals surface area (Å²) in [5, 5.41) is 0. The Kier molecular flexibility index (Phi) is 9.40. The molecule has 0 saturated carbocycles. The van der Waals surface area contributed by atoms with Crippen molar-refractivity contribution in [3.8, 4) is 11.1 Å². The van der Waals surface area contributed by atoms with Gasteiger partial charge in [-0.1, -0.05) is 30.2 Å². The van der Waals surface area contributed by atoms with Gasteiger partial charge in [0.2, 0.25) is 0 Å². The molecule has 0 saturated heterocycles. The van der Waals surface area contributed by atoms with E-state index in [1.165, 1.54) is 22.3 Å².